The Kier molecular flexibility index (Phi) is 3.70. The number of hydrogen-bond donors (Lipinski definition) is 2. The van der Waals surface area contributed by atoms with Crippen molar-refractivity contribution in [2.24, 2.45) is 0 Å². The van der Waals surface area contributed by atoms with Crippen molar-refractivity contribution in [3.63, 3.8) is 0 Å². The average molecular weight is 324 g/mol. The molecule has 3 aromatic rings. The van der Waals surface area contributed by atoms with Crippen LogP contribution in [0.4, 0.5) is 10.2 Å². The molecule has 7 heteroatoms. The van der Waals surface area contributed by atoms with Crippen molar-refractivity contribution in [3.8, 4) is 11.4 Å². The van der Waals surface area contributed by atoms with Crippen LogP contribution >= 0.6 is 0 Å². The number of aromatic amines is 1. The maximum atomic E-state index is 13.8. The van der Waals surface area contributed by atoms with E-state index in [1.54, 1.807) is 18.3 Å². The molecule has 0 radical (unpaired) electrons. The summed E-state index contributed by atoms with van der Waals surface area (Å²) >= 11 is 0. The summed E-state index contributed by atoms with van der Waals surface area (Å²) in [6.07, 6.45) is 1.70. The van der Waals surface area contributed by atoms with Crippen molar-refractivity contribution in [3.05, 3.63) is 42.6 Å². The molecule has 6 nitrogen and oxygen atoms in total. The molecule has 4 rings (SSSR count). The van der Waals surface area contributed by atoms with E-state index in [1.165, 1.54) is 0 Å². The molecule has 0 aliphatic carbocycles. The number of aromatic nitrogens is 4. The number of nitrogens with one attached hydrogen (secondary N) is 2. The van der Waals surface area contributed by atoms with Crippen molar-refractivity contribution in [2.75, 3.05) is 31.1 Å². The zero-order valence-corrected chi connectivity index (χ0v) is 13.1. The lowest BCUT2D eigenvalue weighted by Crippen LogP contribution is -2.43. The number of hydrogen-bond acceptors (Lipinski definition) is 5. The van der Waals surface area contributed by atoms with E-state index in [0.29, 0.717) is 22.6 Å². The first kappa shape index (κ1) is 14.8. The van der Waals surface area contributed by atoms with Gasteiger partial charge >= 0.3 is 0 Å². The van der Waals surface area contributed by atoms with Crippen LogP contribution in [0.1, 0.15) is 5.56 Å². The van der Waals surface area contributed by atoms with Crippen LogP contribution in [-0.4, -0.2) is 46.3 Å². The highest BCUT2D eigenvalue weighted by molar-refractivity contribution is 5.90. The summed E-state index contributed by atoms with van der Waals surface area (Å²) in [5, 5.41) is 11.4. The Morgan fingerprint density at radius 3 is 2.88 bits per heavy atom. The molecule has 24 heavy (non-hydrogen) atoms. The number of fused-ring (bicyclic) bond motifs is 1. The second-order valence-electron chi connectivity index (χ2n) is 5.71. The summed E-state index contributed by atoms with van der Waals surface area (Å²) in [5.74, 6) is 0.260. The van der Waals surface area contributed by atoms with Crippen LogP contribution in [0.15, 0.2) is 37.0 Å². The molecule has 2 N–H and O–H groups in total. The van der Waals surface area contributed by atoms with E-state index >= 15 is 0 Å². The molecule has 1 saturated heterocycles. The molecule has 0 unspecified atom stereocenters. The Morgan fingerprint density at radius 1 is 1.25 bits per heavy atom. The smallest absolute Gasteiger partial charge is 0.155 e. The zero-order chi connectivity index (χ0) is 16.5. The maximum Gasteiger partial charge on any atom is 0.155 e. The zero-order valence-electron chi connectivity index (χ0n) is 13.1. The fourth-order valence-corrected chi connectivity index (χ4v) is 2.90. The Balaban J connectivity index is 1.85. The Hall–Kier alpha value is -2.80. The van der Waals surface area contributed by atoms with E-state index < -0.39 is 5.83 Å². The van der Waals surface area contributed by atoms with E-state index in [-0.39, 0.29) is 0 Å². The SMILES string of the molecule is C=C(F)c1cc(-c2n[nH]c3ncccc23)nc(N2CCNCC2)c1. The van der Waals surface area contributed by atoms with Gasteiger partial charge in [-0.25, -0.2) is 14.4 Å². The highest BCUT2D eigenvalue weighted by Crippen LogP contribution is 2.29. The molecule has 0 amide bonds. The lowest BCUT2D eigenvalue weighted by atomic mass is 10.1. The van der Waals surface area contributed by atoms with E-state index in [4.69, 9.17) is 4.98 Å². The van der Waals surface area contributed by atoms with Gasteiger partial charge in [0.1, 0.15) is 17.3 Å². The number of H-pyrrole nitrogens is 1. The van der Waals surface area contributed by atoms with Crippen molar-refractivity contribution >= 4 is 22.7 Å². The van der Waals surface area contributed by atoms with Crippen LogP contribution in [0.3, 0.4) is 0 Å². The summed E-state index contributed by atoms with van der Waals surface area (Å²) in [5.41, 5.74) is 2.38. The molecular weight excluding hydrogens is 307 g/mol. The van der Waals surface area contributed by atoms with Gasteiger partial charge in [-0.15, -0.1) is 0 Å². The molecule has 1 fully saturated rings. The van der Waals surface area contributed by atoms with Crippen LogP contribution in [0, 0.1) is 0 Å². The third-order valence-electron chi connectivity index (χ3n) is 4.15. The number of rotatable bonds is 3. The van der Waals surface area contributed by atoms with Crippen LogP contribution in [-0.2, 0) is 0 Å². The van der Waals surface area contributed by atoms with E-state index in [9.17, 15) is 4.39 Å². The van der Waals surface area contributed by atoms with Crippen molar-refractivity contribution in [1.82, 2.24) is 25.5 Å². The monoisotopic (exact) mass is 324 g/mol. The van der Waals surface area contributed by atoms with Gasteiger partial charge in [-0.2, -0.15) is 5.10 Å². The van der Waals surface area contributed by atoms with Crippen molar-refractivity contribution in [2.45, 2.75) is 0 Å². The van der Waals surface area contributed by atoms with Gasteiger partial charge in [0, 0.05) is 43.3 Å². The first-order valence-corrected chi connectivity index (χ1v) is 7.84. The minimum absolute atomic E-state index is 0.425. The highest BCUT2D eigenvalue weighted by Gasteiger charge is 2.17. The number of anilines is 1. The van der Waals surface area contributed by atoms with Gasteiger partial charge < -0.3 is 10.2 Å². The topological polar surface area (TPSA) is 69.7 Å². The van der Waals surface area contributed by atoms with Gasteiger partial charge in [0.05, 0.1) is 5.69 Å². The van der Waals surface area contributed by atoms with Crippen LogP contribution in [0.2, 0.25) is 0 Å². The van der Waals surface area contributed by atoms with Crippen LogP contribution in [0.25, 0.3) is 28.2 Å². The summed E-state index contributed by atoms with van der Waals surface area (Å²) in [7, 11) is 0. The normalized spacial score (nSPS) is 15.0. The van der Waals surface area contributed by atoms with Gasteiger partial charge in [0.25, 0.3) is 0 Å². The molecule has 1 aliphatic heterocycles. The van der Waals surface area contributed by atoms with Crippen molar-refractivity contribution < 1.29 is 4.39 Å². The number of piperazine rings is 1. The average Bonchev–Trinajstić information content (AvgIpc) is 3.06. The molecule has 0 bridgehead atoms. The fourth-order valence-electron chi connectivity index (χ4n) is 2.90. The second kappa shape index (κ2) is 6.01. The fraction of sp³-hybridized carbons (Fsp3) is 0.235. The summed E-state index contributed by atoms with van der Waals surface area (Å²) in [6.45, 7) is 6.86. The predicted octanol–water partition coefficient (Wildman–Crippen LogP) is 2.37. The summed E-state index contributed by atoms with van der Waals surface area (Å²) in [4.78, 5) is 11.1. The van der Waals surface area contributed by atoms with Crippen LogP contribution < -0.4 is 10.2 Å². The Labute approximate surface area is 138 Å². The quantitative estimate of drug-likeness (QED) is 0.774. The second-order valence-corrected chi connectivity index (χ2v) is 5.71. The summed E-state index contributed by atoms with van der Waals surface area (Å²) in [6, 6.07) is 7.18. The van der Waals surface area contributed by atoms with Gasteiger partial charge in [0.2, 0.25) is 0 Å². The predicted molar refractivity (Wildman–Crippen MR) is 92.3 cm³/mol. The first-order valence-electron chi connectivity index (χ1n) is 7.84. The molecule has 0 aromatic carbocycles. The minimum atomic E-state index is -0.479. The van der Waals surface area contributed by atoms with Gasteiger partial charge in [-0.05, 0) is 24.3 Å². The third kappa shape index (κ3) is 2.63. The maximum absolute atomic E-state index is 13.8. The molecule has 4 heterocycles. The van der Waals surface area contributed by atoms with E-state index in [2.05, 4.69) is 32.0 Å². The van der Waals surface area contributed by atoms with Gasteiger partial charge in [-0.3, -0.25) is 5.10 Å². The molecule has 0 saturated carbocycles. The Bertz CT molecular complexity index is 897. The Morgan fingerprint density at radius 2 is 2.08 bits per heavy atom. The van der Waals surface area contributed by atoms with Crippen LogP contribution in [0.5, 0.6) is 0 Å². The number of nitrogens with zero attached hydrogens (tertiary/aromatic N) is 4. The number of pyridine rings is 2. The molecule has 0 atom stereocenters. The molecule has 1 aliphatic rings. The third-order valence-corrected chi connectivity index (χ3v) is 4.15. The molecule has 0 spiro atoms. The van der Waals surface area contributed by atoms with E-state index in [1.807, 2.05) is 12.1 Å². The molecule has 3 aromatic heterocycles. The summed E-state index contributed by atoms with van der Waals surface area (Å²) < 4.78 is 13.8. The lowest BCUT2D eigenvalue weighted by Gasteiger charge is -2.29. The molecular formula is C17H17FN6. The largest absolute Gasteiger partial charge is 0.354 e. The van der Waals surface area contributed by atoms with Gasteiger partial charge in [0.15, 0.2) is 5.65 Å². The number of halogens is 1. The van der Waals surface area contributed by atoms with Crippen molar-refractivity contribution in [1.29, 1.82) is 0 Å². The van der Waals surface area contributed by atoms with Gasteiger partial charge in [-0.1, -0.05) is 6.58 Å². The minimum Gasteiger partial charge on any atom is -0.354 e. The standard InChI is InChI=1S/C17H17FN6/c1-11(18)12-9-14(16-13-3-2-4-20-17(13)23-22-16)21-15(10-12)24-7-5-19-6-8-24/h2-4,9-10,19H,1,5-8H2,(H,20,22,23). The van der Waals surface area contributed by atoms with E-state index in [0.717, 1.165) is 37.4 Å². The molecule has 122 valence electrons. The lowest BCUT2D eigenvalue weighted by molar-refractivity contribution is 0.585. The highest BCUT2D eigenvalue weighted by atomic mass is 19.1. The first-order chi connectivity index (χ1) is 11.7.